The number of benzene rings is 1. The Morgan fingerprint density at radius 3 is 2.86 bits per heavy atom. The number of aliphatic imine (C=N–C) groups is 1. The molecule has 0 spiro atoms. The summed E-state index contributed by atoms with van der Waals surface area (Å²) in [5.41, 5.74) is 0.968. The Labute approximate surface area is 166 Å². The van der Waals surface area contributed by atoms with E-state index in [1.54, 1.807) is 19.2 Å². The number of hydrogen-bond donors (Lipinski definition) is 1. The summed E-state index contributed by atoms with van der Waals surface area (Å²) in [4.78, 5) is 17.1. The topological polar surface area (TPSA) is 89.2 Å². The van der Waals surface area contributed by atoms with Gasteiger partial charge in [-0.2, -0.15) is 0 Å². The number of nitro groups is 1. The van der Waals surface area contributed by atoms with Gasteiger partial charge in [0.25, 0.3) is 5.69 Å². The SMILES string of the molecule is CN=C(NCc1cccc([N+](=O)[O-])c1)N1CCC(OCC2CCCCO2)CC1. The molecule has 0 aromatic heterocycles. The van der Waals surface area contributed by atoms with Crippen LogP contribution in [0, 0.1) is 10.1 Å². The average Bonchev–Trinajstić information content (AvgIpc) is 2.74. The molecule has 2 saturated heterocycles. The minimum absolute atomic E-state index is 0.106. The van der Waals surface area contributed by atoms with Gasteiger partial charge < -0.3 is 19.7 Å². The highest BCUT2D eigenvalue weighted by molar-refractivity contribution is 5.80. The highest BCUT2D eigenvalue weighted by Crippen LogP contribution is 2.18. The third-order valence-electron chi connectivity index (χ3n) is 5.32. The van der Waals surface area contributed by atoms with E-state index in [1.165, 1.54) is 12.5 Å². The standard InChI is InChI=1S/C20H30N4O4/c1-21-20(22-14-16-5-4-6-17(13-16)24(25)26)23-10-8-18(9-11-23)28-15-19-7-2-3-12-27-19/h4-6,13,18-19H,2-3,7-12,14-15H2,1H3,(H,21,22). The van der Waals surface area contributed by atoms with Crippen LogP contribution in [0.5, 0.6) is 0 Å². The predicted molar refractivity (Wildman–Crippen MR) is 107 cm³/mol. The smallest absolute Gasteiger partial charge is 0.269 e. The molecule has 28 heavy (non-hydrogen) atoms. The third kappa shape index (κ3) is 5.90. The maximum absolute atomic E-state index is 10.9. The number of non-ortho nitro benzene ring substituents is 1. The van der Waals surface area contributed by atoms with Crippen LogP contribution < -0.4 is 5.32 Å². The summed E-state index contributed by atoms with van der Waals surface area (Å²) in [5, 5.41) is 14.2. The molecule has 8 nitrogen and oxygen atoms in total. The molecule has 0 aliphatic carbocycles. The molecule has 1 atom stereocenters. The summed E-state index contributed by atoms with van der Waals surface area (Å²) < 4.78 is 11.8. The van der Waals surface area contributed by atoms with Gasteiger partial charge in [0.05, 0.1) is 23.7 Å². The number of nitro benzene ring substituents is 1. The first kappa shape index (κ1) is 20.5. The number of piperidine rings is 1. The van der Waals surface area contributed by atoms with Crippen LogP contribution in [0.25, 0.3) is 0 Å². The molecule has 1 aromatic carbocycles. The van der Waals surface area contributed by atoms with Gasteiger partial charge in [0.2, 0.25) is 0 Å². The molecule has 2 aliphatic rings. The zero-order valence-corrected chi connectivity index (χ0v) is 16.5. The van der Waals surface area contributed by atoms with Gasteiger partial charge >= 0.3 is 0 Å². The Balaban J connectivity index is 1.42. The first-order chi connectivity index (χ1) is 13.7. The molecular weight excluding hydrogens is 360 g/mol. The average molecular weight is 390 g/mol. The van der Waals surface area contributed by atoms with Gasteiger partial charge in [-0.25, -0.2) is 0 Å². The minimum Gasteiger partial charge on any atom is -0.376 e. The fourth-order valence-corrected chi connectivity index (χ4v) is 3.71. The summed E-state index contributed by atoms with van der Waals surface area (Å²) >= 11 is 0. The second kappa shape index (κ2) is 10.4. The molecule has 0 saturated carbocycles. The van der Waals surface area contributed by atoms with E-state index in [1.807, 2.05) is 6.07 Å². The van der Waals surface area contributed by atoms with E-state index in [0.717, 1.165) is 56.9 Å². The second-order valence-electron chi connectivity index (χ2n) is 7.34. The molecule has 1 unspecified atom stereocenters. The third-order valence-corrected chi connectivity index (χ3v) is 5.32. The van der Waals surface area contributed by atoms with Crippen LogP contribution in [0.4, 0.5) is 5.69 Å². The molecule has 2 fully saturated rings. The highest BCUT2D eigenvalue weighted by atomic mass is 16.6. The molecule has 0 amide bonds. The number of guanidine groups is 1. The fourth-order valence-electron chi connectivity index (χ4n) is 3.71. The van der Waals surface area contributed by atoms with Crippen molar-refractivity contribution in [3.8, 4) is 0 Å². The van der Waals surface area contributed by atoms with E-state index in [-0.39, 0.29) is 22.8 Å². The normalized spacial score (nSPS) is 21.5. The Morgan fingerprint density at radius 2 is 2.18 bits per heavy atom. The lowest BCUT2D eigenvalue weighted by molar-refractivity contribution is -0.384. The summed E-state index contributed by atoms with van der Waals surface area (Å²) in [7, 11) is 1.76. The predicted octanol–water partition coefficient (Wildman–Crippen LogP) is 2.72. The molecule has 2 heterocycles. The van der Waals surface area contributed by atoms with Gasteiger partial charge in [-0.15, -0.1) is 0 Å². The van der Waals surface area contributed by atoms with Crippen molar-refractivity contribution in [3.05, 3.63) is 39.9 Å². The van der Waals surface area contributed by atoms with Crippen molar-refractivity contribution in [2.45, 2.75) is 50.9 Å². The van der Waals surface area contributed by atoms with Crippen LogP contribution in [0.15, 0.2) is 29.3 Å². The number of rotatable bonds is 6. The van der Waals surface area contributed by atoms with E-state index < -0.39 is 0 Å². The van der Waals surface area contributed by atoms with Gasteiger partial charge in [0, 0.05) is 45.4 Å². The Hall–Kier alpha value is -2.19. The van der Waals surface area contributed by atoms with Crippen molar-refractivity contribution < 1.29 is 14.4 Å². The Bertz CT molecular complexity index is 668. The maximum Gasteiger partial charge on any atom is 0.269 e. The summed E-state index contributed by atoms with van der Waals surface area (Å²) in [5.74, 6) is 0.820. The van der Waals surface area contributed by atoms with Gasteiger partial charge in [-0.1, -0.05) is 12.1 Å². The van der Waals surface area contributed by atoms with Crippen LogP contribution in [0.1, 0.15) is 37.7 Å². The molecular formula is C20H30N4O4. The zero-order valence-electron chi connectivity index (χ0n) is 16.5. The van der Waals surface area contributed by atoms with Crippen LogP contribution in [0.2, 0.25) is 0 Å². The summed E-state index contributed by atoms with van der Waals surface area (Å²) in [6.45, 7) is 3.82. The van der Waals surface area contributed by atoms with Crippen LogP contribution in [-0.2, 0) is 16.0 Å². The van der Waals surface area contributed by atoms with Crippen molar-refractivity contribution in [3.63, 3.8) is 0 Å². The number of likely N-dealkylation sites (tertiary alicyclic amines) is 1. The monoisotopic (exact) mass is 390 g/mol. The molecule has 3 rings (SSSR count). The summed E-state index contributed by atoms with van der Waals surface area (Å²) in [6.07, 6.45) is 5.96. The van der Waals surface area contributed by atoms with Crippen LogP contribution in [0.3, 0.4) is 0 Å². The van der Waals surface area contributed by atoms with Crippen molar-refractivity contribution in [2.24, 2.45) is 4.99 Å². The molecule has 2 aliphatic heterocycles. The largest absolute Gasteiger partial charge is 0.376 e. The highest BCUT2D eigenvalue weighted by Gasteiger charge is 2.23. The quantitative estimate of drug-likeness (QED) is 0.348. The van der Waals surface area contributed by atoms with E-state index in [0.29, 0.717) is 13.2 Å². The maximum atomic E-state index is 10.9. The number of ether oxygens (including phenoxy) is 2. The number of nitrogens with zero attached hydrogens (tertiary/aromatic N) is 3. The molecule has 0 radical (unpaired) electrons. The van der Waals surface area contributed by atoms with Crippen LogP contribution in [-0.4, -0.2) is 61.3 Å². The van der Waals surface area contributed by atoms with E-state index in [4.69, 9.17) is 9.47 Å². The van der Waals surface area contributed by atoms with E-state index in [2.05, 4.69) is 15.2 Å². The van der Waals surface area contributed by atoms with Crippen molar-refractivity contribution >= 4 is 11.6 Å². The Kier molecular flexibility index (Phi) is 7.62. The van der Waals surface area contributed by atoms with Crippen molar-refractivity contribution in [1.29, 1.82) is 0 Å². The van der Waals surface area contributed by atoms with Gasteiger partial charge in [0.1, 0.15) is 0 Å². The van der Waals surface area contributed by atoms with E-state index >= 15 is 0 Å². The molecule has 0 bridgehead atoms. The van der Waals surface area contributed by atoms with Gasteiger partial charge in [-0.3, -0.25) is 15.1 Å². The summed E-state index contributed by atoms with van der Waals surface area (Å²) in [6, 6.07) is 6.67. The first-order valence-corrected chi connectivity index (χ1v) is 10.1. The zero-order chi connectivity index (χ0) is 19.8. The second-order valence-corrected chi connectivity index (χ2v) is 7.34. The number of hydrogen-bond acceptors (Lipinski definition) is 5. The van der Waals surface area contributed by atoms with Gasteiger partial charge in [-0.05, 0) is 37.7 Å². The van der Waals surface area contributed by atoms with E-state index in [9.17, 15) is 10.1 Å². The fraction of sp³-hybridized carbons (Fsp3) is 0.650. The lowest BCUT2D eigenvalue weighted by Gasteiger charge is -2.35. The molecule has 1 N–H and O–H groups in total. The lowest BCUT2D eigenvalue weighted by atomic mass is 10.1. The lowest BCUT2D eigenvalue weighted by Crippen LogP contribution is -2.47. The van der Waals surface area contributed by atoms with Crippen molar-refractivity contribution in [2.75, 3.05) is 33.4 Å². The van der Waals surface area contributed by atoms with Crippen LogP contribution >= 0.6 is 0 Å². The van der Waals surface area contributed by atoms with Crippen molar-refractivity contribution in [1.82, 2.24) is 10.2 Å². The minimum atomic E-state index is -0.374. The molecule has 1 aromatic rings. The molecule has 8 heteroatoms. The molecule has 154 valence electrons. The first-order valence-electron chi connectivity index (χ1n) is 10.1. The van der Waals surface area contributed by atoms with Gasteiger partial charge in [0.15, 0.2) is 5.96 Å². The Morgan fingerprint density at radius 1 is 1.36 bits per heavy atom. The number of nitrogens with one attached hydrogen (secondary N) is 1.